The van der Waals surface area contributed by atoms with E-state index in [9.17, 15) is 0 Å². The second-order valence-corrected chi connectivity index (χ2v) is 0.758. The van der Waals surface area contributed by atoms with Crippen molar-refractivity contribution in [3.63, 3.8) is 0 Å². The Hall–Kier alpha value is -0.0600. The molecule has 0 atom stereocenters. The fourth-order valence-electron chi connectivity index (χ4n) is 0. The summed E-state index contributed by atoms with van der Waals surface area (Å²) in [7, 11) is -2.87. The van der Waals surface area contributed by atoms with Crippen molar-refractivity contribution in [3.8, 4) is 0 Å². The van der Waals surface area contributed by atoms with Crippen molar-refractivity contribution >= 4 is 8.25 Å². The van der Waals surface area contributed by atoms with Gasteiger partial charge in [0.15, 0.2) is 0 Å². The van der Waals surface area contributed by atoms with E-state index < -0.39 is 8.25 Å². The molecule has 0 saturated heterocycles. The summed E-state index contributed by atoms with van der Waals surface area (Å²) in [5, 5.41) is 6.50. The predicted octanol–water partition coefficient (Wildman–Crippen LogP) is -1.04. The highest BCUT2D eigenvalue weighted by molar-refractivity contribution is 7.30. The first-order valence-electron chi connectivity index (χ1n) is 0.841. The molecule has 5 N–H and O–H groups in total. The highest BCUT2D eigenvalue weighted by Gasteiger charge is 1.93. The highest BCUT2D eigenvalue weighted by atomic mass is 31.1. The van der Waals surface area contributed by atoms with Crippen LogP contribution in [0.4, 0.5) is 0 Å². The Bertz CT molecular complexity index is 30.5. The third-order valence-corrected chi connectivity index (χ3v) is 0. The molecule has 0 aromatic heterocycles. The standard InChI is InChI=1S/H3NO.HO3P/c1-2;1-4(2)3/h2H,1H2;(H-,1,2,3)/p+1. The third kappa shape index (κ3) is 9460. The number of hydrogen-bond acceptors (Lipinski definition) is 3. The van der Waals surface area contributed by atoms with Crippen LogP contribution in [0.3, 0.4) is 0 Å². The largest absolute Gasteiger partial charge is 0.692 e. The summed E-state index contributed by atoms with van der Waals surface area (Å²) >= 11 is 0. The van der Waals surface area contributed by atoms with E-state index in [-0.39, 0.29) is 0 Å². The molecule has 0 aliphatic carbocycles. The SMILES string of the molecule is NO.O=[P+](O)O. The van der Waals surface area contributed by atoms with Gasteiger partial charge < -0.3 is 5.21 Å². The molecule has 0 unspecified atom stereocenters. The van der Waals surface area contributed by atoms with Gasteiger partial charge >= 0.3 is 8.25 Å². The molecule has 5 nitrogen and oxygen atoms in total. The maximum Gasteiger partial charge on any atom is 0.692 e. The monoisotopic (exact) mass is 114 g/mol. The summed E-state index contributed by atoms with van der Waals surface area (Å²) in [6.07, 6.45) is 0. The molecule has 0 amide bonds. The van der Waals surface area contributed by atoms with Crippen molar-refractivity contribution in [1.29, 1.82) is 0 Å². The fraction of sp³-hybridized carbons (Fsp3) is 0. The molecule has 0 saturated carbocycles. The Morgan fingerprint density at radius 1 is 1.33 bits per heavy atom. The number of nitrogens with two attached hydrogens (primary N) is 1. The minimum atomic E-state index is -2.87. The lowest BCUT2D eigenvalue weighted by atomic mass is 13.6. The summed E-state index contributed by atoms with van der Waals surface area (Å²) in [5.41, 5.74) is 0. The molecule has 0 aromatic rings. The van der Waals surface area contributed by atoms with E-state index in [1.54, 1.807) is 0 Å². The molecule has 6 heteroatoms. The molecular weight excluding hydrogens is 109 g/mol. The van der Waals surface area contributed by atoms with Crippen molar-refractivity contribution < 1.29 is 19.6 Å². The first-order valence-corrected chi connectivity index (χ1v) is 2.01. The third-order valence-electron chi connectivity index (χ3n) is 0. The number of hydrogen-bond donors (Lipinski definition) is 4. The molecule has 0 aromatic carbocycles. The first kappa shape index (κ1) is 9.34. The molecule has 0 heterocycles. The van der Waals surface area contributed by atoms with Gasteiger partial charge in [-0.25, -0.2) is 5.90 Å². The van der Waals surface area contributed by atoms with E-state index in [1.807, 2.05) is 0 Å². The summed E-state index contributed by atoms with van der Waals surface area (Å²) in [6, 6.07) is 0. The van der Waals surface area contributed by atoms with Crippen molar-refractivity contribution in [3.05, 3.63) is 0 Å². The molecule has 0 aliphatic heterocycles. The topological polar surface area (TPSA) is 104 Å². The fourth-order valence-corrected chi connectivity index (χ4v) is 0. The first-order chi connectivity index (χ1) is 2.73. The van der Waals surface area contributed by atoms with Crippen LogP contribution in [0.15, 0.2) is 0 Å². The molecule has 0 fully saturated rings. The van der Waals surface area contributed by atoms with E-state index in [2.05, 4.69) is 5.90 Å². The zero-order valence-electron chi connectivity index (χ0n) is 2.77. The van der Waals surface area contributed by atoms with Crippen LogP contribution in [-0.4, -0.2) is 15.0 Å². The quantitative estimate of drug-likeness (QED) is 0.238. The zero-order valence-corrected chi connectivity index (χ0v) is 3.67. The Kier molecular flexibility index (Phi) is 13.8. The van der Waals surface area contributed by atoms with Crippen LogP contribution in [0.1, 0.15) is 0 Å². The van der Waals surface area contributed by atoms with Crippen molar-refractivity contribution in [2.24, 2.45) is 5.90 Å². The lowest BCUT2D eigenvalue weighted by molar-refractivity contribution is 0.311. The van der Waals surface area contributed by atoms with Crippen molar-refractivity contribution in [2.45, 2.75) is 0 Å². The summed E-state index contributed by atoms with van der Waals surface area (Å²) in [4.78, 5) is 14.2. The van der Waals surface area contributed by atoms with Crippen LogP contribution in [0.5, 0.6) is 0 Å². The molecule has 0 spiro atoms. The summed E-state index contributed by atoms with van der Waals surface area (Å²) in [6.45, 7) is 0. The Morgan fingerprint density at radius 3 is 1.33 bits per heavy atom. The Morgan fingerprint density at radius 2 is 1.33 bits per heavy atom. The summed E-state index contributed by atoms with van der Waals surface area (Å²) < 4.78 is 8.70. The normalized spacial score (nSPS) is 5.33. The second kappa shape index (κ2) is 8.87. The van der Waals surface area contributed by atoms with E-state index in [4.69, 9.17) is 19.6 Å². The lowest BCUT2D eigenvalue weighted by Gasteiger charge is -1.34. The zero-order chi connectivity index (χ0) is 5.58. The van der Waals surface area contributed by atoms with Crippen LogP contribution in [0.2, 0.25) is 0 Å². The Balaban J connectivity index is 0. The molecular formula is H5NO4P+. The van der Waals surface area contributed by atoms with Gasteiger partial charge in [0.25, 0.3) is 0 Å². The van der Waals surface area contributed by atoms with E-state index >= 15 is 0 Å². The molecule has 0 radical (unpaired) electrons. The van der Waals surface area contributed by atoms with Gasteiger partial charge in [0.05, 0.1) is 0 Å². The lowest BCUT2D eigenvalue weighted by Crippen LogP contribution is -1.72. The van der Waals surface area contributed by atoms with Crippen LogP contribution in [0, 0.1) is 0 Å². The van der Waals surface area contributed by atoms with Gasteiger partial charge in [0, 0.05) is 4.57 Å². The predicted molar refractivity (Wildman–Crippen MR) is 18.0 cm³/mol. The average Bonchev–Trinajstić information content (AvgIpc) is 1.41. The van der Waals surface area contributed by atoms with Crippen LogP contribution < -0.4 is 5.90 Å². The van der Waals surface area contributed by atoms with E-state index in [1.165, 1.54) is 0 Å². The van der Waals surface area contributed by atoms with Gasteiger partial charge in [0.2, 0.25) is 0 Å². The van der Waals surface area contributed by atoms with Gasteiger partial charge in [-0.05, 0) is 0 Å². The molecule has 38 valence electrons. The van der Waals surface area contributed by atoms with Crippen molar-refractivity contribution in [2.75, 3.05) is 0 Å². The van der Waals surface area contributed by atoms with E-state index in [0.717, 1.165) is 0 Å². The second-order valence-electron chi connectivity index (χ2n) is 0.253. The number of rotatable bonds is 0. The average molecular weight is 114 g/mol. The van der Waals surface area contributed by atoms with Gasteiger partial charge in [-0.3, -0.25) is 0 Å². The minimum absolute atomic E-state index is 2.87. The highest BCUT2D eigenvalue weighted by Crippen LogP contribution is 1.98. The molecule has 0 bridgehead atoms. The minimum Gasteiger partial charge on any atom is -0.320 e. The molecule has 0 rings (SSSR count). The van der Waals surface area contributed by atoms with Gasteiger partial charge in [0.1, 0.15) is 0 Å². The maximum absolute atomic E-state index is 8.70. The smallest absolute Gasteiger partial charge is 0.320 e. The van der Waals surface area contributed by atoms with Crippen LogP contribution in [0.25, 0.3) is 0 Å². The van der Waals surface area contributed by atoms with Crippen LogP contribution >= 0.6 is 8.25 Å². The van der Waals surface area contributed by atoms with Crippen molar-refractivity contribution in [1.82, 2.24) is 0 Å². The van der Waals surface area contributed by atoms with Gasteiger partial charge in [-0.1, -0.05) is 0 Å². The van der Waals surface area contributed by atoms with E-state index in [0.29, 0.717) is 0 Å². The summed E-state index contributed by atoms with van der Waals surface area (Å²) in [5.74, 6) is 3.50. The van der Waals surface area contributed by atoms with Gasteiger partial charge in [-0.15, -0.1) is 9.79 Å². The molecule has 6 heavy (non-hydrogen) atoms. The molecule has 0 aliphatic rings. The van der Waals surface area contributed by atoms with Gasteiger partial charge in [-0.2, -0.15) is 0 Å². The Labute approximate surface area is 34.9 Å². The maximum atomic E-state index is 8.70. The van der Waals surface area contributed by atoms with Crippen LogP contribution in [-0.2, 0) is 4.57 Å².